The Balaban J connectivity index is 1.64. The van der Waals surface area contributed by atoms with Crippen molar-refractivity contribution in [1.82, 2.24) is 14.4 Å². The number of hydrogen-bond donors (Lipinski definition) is 1. The second-order valence-electron chi connectivity index (χ2n) is 6.81. The second kappa shape index (κ2) is 5.88. The highest BCUT2D eigenvalue weighted by Gasteiger charge is 2.44. The monoisotopic (exact) mass is 329 g/mol. The summed E-state index contributed by atoms with van der Waals surface area (Å²) >= 11 is 0. The van der Waals surface area contributed by atoms with E-state index in [2.05, 4.69) is 4.90 Å². The number of carbonyl (C=O) groups excluding carboxylic acids is 1. The number of carbonyl (C=O) groups is 1. The first kappa shape index (κ1) is 15.6. The molecule has 4 rings (SSSR count). The van der Waals surface area contributed by atoms with Gasteiger partial charge in [-0.3, -0.25) is 9.69 Å². The van der Waals surface area contributed by atoms with Crippen molar-refractivity contribution < 1.29 is 14.6 Å². The van der Waals surface area contributed by atoms with Gasteiger partial charge in [-0.15, -0.1) is 0 Å². The quantitative estimate of drug-likeness (QED) is 0.881. The van der Waals surface area contributed by atoms with Crippen LogP contribution in [0.2, 0.25) is 0 Å². The van der Waals surface area contributed by atoms with Crippen LogP contribution in [-0.4, -0.2) is 76.9 Å². The van der Waals surface area contributed by atoms with E-state index in [1.165, 1.54) is 0 Å². The lowest BCUT2D eigenvalue weighted by Crippen LogP contribution is -2.69. The number of ether oxygens (including phenoxy) is 1. The summed E-state index contributed by atoms with van der Waals surface area (Å²) in [5.74, 6) is 0.0323. The molecule has 6 nitrogen and oxygen atoms in total. The van der Waals surface area contributed by atoms with Gasteiger partial charge in [-0.05, 0) is 18.2 Å². The standard InChI is InChI=1S/C18H23N3O3/c1-19-6-5-14-15(3-2-4-16(14)19)17(23)20-7-8-21-9-10-24-13-18(21,11-20)12-22/h2-6,22H,7-13H2,1H3. The summed E-state index contributed by atoms with van der Waals surface area (Å²) in [4.78, 5) is 17.3. The zero-order chi connectivity index (χ0) is 16.7. The molecular formula is C18H23N3O3. The minimum Gasteiger partial charge on any atom is -0.394 e. The van der Waals surface area contributed by atoms with Crippen molar-refractivity contribution in [3.63, 3.8) is 0 Å². The van der Waals surface area contributed by atoms with E-state index in [-0.39, 0.29) is 12.5 Å². The lowest BCUT2D eigenvalue weighted by Gasteiger charge is -2.52. The van der Waals surface area contributed by atoms with Crippen LogP contribution < -0.4 is 0 Å². The number of aryl methyl sites for hydroxylation is 1. The number of benzene rings is 1. The minimum absolute atomic E-state index is 0.00627. The van der Waals surface area contributed by atoms with Gasteiger partial charge in [0.05, 0.1) is 25.4 Å². The molecule has 1 amide bonds. The molecule has 1 unspecified atom stereocenters. The molecule has 0 radical (unpaired) electrons. The van der Waals surface area contributed by atoms with Gasteiger partial charge < -0.3 is 19.3 Å². The molecule has 128 valence electrons. The second-order valence-corrected chi connectivity index (χ2v) is 6.81. The Bertz CT molecular complexity index is 772. The summed E-state index contributed by atoms with van der Waals surface area (Å²) in [6.45, 7) is 3.96. The number of aliphatic hydroxyl groups excluding tert-OH is 1. The van der Waals surface area contributed by atoms with Crippen molar-refractivity contribution in [3.8, 4) is 0 Å². The third-order valence-electron chi connectivity index (χ3n) is 5.41. The van der Waals surface area contributed by atoms with E-state index in [4.69, 9.17) is 4.74 Å². The van der Waals surface area contributed by atoms with Crippen LogP contribution in [0.25, 0.3) is 10.9 Å². The van der Waals surface area contributed by atoms with Gasteiger partial charge in [-0.25, -0.2) is 0 Å². The number of fused-ring (bicyclic) bond motifs is 2. The molecule has 6 heteroatoms. The van der Waals surface area contributed by atoms with E-state index in [0.29, 0.717) is 26.3 Å². The van der Waals surface area contributed by atoms with Crippen LogP contribution in [0.4, 0.5) is 0 Å². The first-order valence-electron chi connectivity index (χ1n) is 8.42. The van der Waals surface area contributed by atoms with Gasteiger partial charge in [-0.2, -0.15) is 0 Å². The Kier molecular flexibility index (Phi) is 3.83. The van der Waals surface area contributed by atoms with Gasteiger partial charge in [-0.1, -0.05) is 6.07 Å². The zero-order valence-corrected chi connectivity index (χ0v) is 13.9. The normalized spacial score (nSPS) is 25.0. The minimum atomic E-state index is -0.462. The fourth-order valence-corrected chi connectivity index (χ4v) is 3.96. The first-order chi connectivity index (χ1) is 11.6. The van der Waals surface area contributed by atoms with Crippen LogP contribution in [0.15, 0.2) is 30.5 Å². The summed E-state index contributed by atoms with van der Waals surface area (Å²) in [5.41, 5.74) is 1.32. The highest BCUT2D eigenvalue weighted by molar-refractivity contribution is 6.06. The molecule has 1 atom stereocenters. The molecule has 3 heterocycles. The number of piperazine rings is 1. The maximum absolute atomic E-state index is 13.1. The molecule has 0 saturated carbocycles. The Morgan fingerprint density at radius 3 is 3.00 bits per heavy atom. The van der Waals surface area contributed by atoms with E-state index < -0.39 is 5.54 Å². The Labute approximate surface area is 141 Å². The number of morpholine rings is 1. The molecule has 1 aromatic heterocycles. The van der Waals surface area contributed by atoms with Gasteiger partial charge in [0, 0.05) is 55.9 Å². The molecule has 2 saturated heterocycles. The Morgan fingerprint density at radius 1 is 1.29 bits per heavy atom. The third-order valence-corrected chi connectivity index (χ3v) is 5.41. The summed E-state index contributed by atoms with van der Waals surface area (Å²) in [6.07, 6.45) is 1.98. The maximum Gasteiger partial charge on any atom is 0.254 e. The van der Waals surface area contributed by atoms with Crippen LogP contribution in [0.5, 0.6) is 0 Å². The molecule has 24 heavy (non-hydrogen) atoms. The summed E-state index contributed by atoms with van der Waals surface area (Å²) in [7, 11) is 1.98. The predicted molar refractivity (Wildman–Crippen MR) is 91.0 cm³/mol. The average Bonchev–Trinajstić information content (AvgIpc) is 3.02. The molecule has 2 aromatic rings. The smallest absolute Gasteiger partial charge is 0.254 e. The van der Waals surface area contributed by atoms with Crippen LogP contribution >= 0.6 is 0 Å². The highest BCUT2D eigenvalue weighted by Crippen LogP contribution is 2.27. The zero-order valence-electron chi connectivity index (χ0n) is 13.9. The number of amides is 1. The van der Waals surface area contributed by atoms with E-state index >= 15 is 0 Å². The molecule has 1 N–H and O–H groups in total. The van der Waals surface area contributed by atoms with Crippen molar-refractivity contribution >= 4 is 16.8 Å². The molecule has 0 spiro atoms. The van der Waals surface area contributed by atoms with Crippen molar-refractivity contribution in [1.29, 1.82) is 0 Å². The van der Waals surface area contributed by atoms with Crippen LogP contribution in [0.3, 0.4) is 0 Å². The Hall–Kier alpha value is -1.89. The van der Waals surface area contributed by atoms with Crippen molar-refractivity contribution in [2.45, 2.75) is 5.54 Å². The fraction of sp³-hybridized carbons (Fsp3) is 0.500. The number of rotatable bonds is 2. The predicted octanol–water partition coefficient (Wildman–Crippen LogP) is 0.697. The van der Waals surface area contributed by atoms with Crippen molar-refractivity contribution in [2.24, 2.45) is 7.05 Å². The lowest BCUT2D eigenvalue weighted by atomic mass is 9.93. The van der Waals surface area contributed by atoms with E-state index in [1.54, 1.807) is 0 Å². The van der Waals surface area contributed by atoms with E-state index in [9.17, 15) is 9.90 Å². The van der Waals surface area contributed by atoms with E-state index in [1.807, 2.05) is 47.0 Å². The lowest BCUT2D eigenvalue weighted by molar-refractivity contribution is -0.119. The van der Waals surface area contributed by atoms with Crippen LogP contribution in [0.1, 0.15) is 10.4 Å². The average molecular weight is 329 g/mol. The molecular weight excluding hydrogens is 306 g/mol. The van der Waals surface area contributed by atoms with Crippen LogP contribution in [0, 0.1) is 0 Å². The summed E-state index contributed by atoms with van der Waals surface area (Å²) in [5, 5.41) is 10.9. The van der Waals surface area contributed by atoms with E-state index in [0.717, 1.165) is 29.6 Å². The fourth-order valence-electron chi connectivity index (χ4n) is 3.96. The van der Waals surface area contributed by atoms with Gasteiger partial charge in [0.15, 0.2) is 0 Å². The van der Waals surface area contributed by atoms with Gasteiger partial charge in [0.25, 0.3) is 5.91 Å². The largest absolute Gasteiger partial charge is 0.394 e. The third kappa shape index (κ3) is 2.33. The number of hydrogen-bond acceptors (Lipinski definition) is 4. The number of aliphatic hydroxyl groups is 1. The topological polar surface area (TPSA) is 57.9 Å². The first-order valence-corrected chi connectivity index (χ1v) is 8.42. The van der Waals surface area contributed by atoms with Crippen molar-refractivity contribution in [2.75, 3.05) is 46.0 Å². The van der Waals surface area contributed by atoms with Crippen LogP contribution in [-0.2, 0) is 11.8 Å². The Morgan fingerprint density at radius 2 is 2.17 bits per heavy atom. The molecule has 0 aliphatic carbocycles. The molecule has 2 fully saturated rings. The summed E-state index contributed by atoms with van der Waals surface area (Å²) in [6, 6.07) is 7.83. The van der Waals surface area contributed by atoms with Crippen molar-refractivity contribution in [3.05, 3.63) is 36.0 Å². The molecule has 2 aliphatic rings. The van der Waals surface area contributed by atoms with Gasteiger partial charge in [0.2, 0.25) is 0 Å². The number of aromatic nitrogens is 1. The van der Waals surface area contributed by atoms with Gasteiger partial charge in [0.1, 0.15) is 0 Å². The number of nitrogens with zero attached hydrogens (tertiary/aromatic N) is 3. The molecule has 0 bridgehead atoms. The SMILES string of the molecule is Cn1ccc2c(C(=O)N3CCN4CCOCC4(CO)C3)cccc21. The summed E-state index contributed by atoms with van der Waals surface area (Å²) < 4.78 is 7.62. The molecule has 1 aromatic carbocycles. The highest BCUT2D eigenvalue weighted by atomic mass is 16.5. The molecule has 2 aliphatic heterocycles. The maximum atomic E-state index is 13.1. The van der Waals surface area contributed by atoms with Gasteiger partial charge >= 0.3 is 0 Å².